The summed E-state index contributed by atoms with van der Waals surface area (Å²) in [6.07, 6.45) is 4.75. The fraction of sp³-hybridized carbons (Fsp3) is 0.300. The van der Waals surface area contributed by atoms with E-state index >= 15 is 0 Å². The van der Waals surface area contributed by atoms with Crippen molar-refractivity contribution in [3.63, 3.8) is 0 Å². The number of fused-ring (bicyclic) bond motifs is 1. The van der Waals surface area contributed by atoms with E-state index < -0.39 is 11.6 Å². The Balaban J connectivity index is 1.55. The van der Waals surface area contributed by atoms with Crippen LogP contribution in [-0.2, 0) is 11.2 Å². The van der Waals surface area contributed by atoms with Crippen molar-refractivity contribution in [1.29, 1.82) is 5.41 Å². The number of carbonyl (C=O) groups excluding carboxylic acids is 1. The predicted molar refractivity (Wildman–Crippen MR) is 112 cm³/mol. The van der Waals surface area contributed by atoms with Crippen LogP contribution >= 0.6 is 0 Å². The molecule has 8 nitrogen and oxygen atoms in total. The first kappa shape index (κ1) is 21.2. The van der Waals surface area contributed by atoms with E-state index in [9.17, 15) is 13.6 Å². The smallest absolute Gasteiger partial charge is 0.246 e. The van der Waals surface area contributed by atoms with E-state index in [1.54, 1.807) is 25.1 Å². The average Bonchev–Trinajstić information content (AvgIpc) is 2.73. The molecule has 0 saturated heterocycles. The first-order chi connectivity index (χ1) is 14.4. The van der Waals surface area contributed by atoms with Gasteiger partial charge in [0, 0.05) is 44.2 Å². The fourth-order valence-electron chi connectivity index (χ4n) is 2.87. The van der Waals surface area contributed by atoms with Crippen molar-refractivity contribution in [3.8, 4) is 0 Å². The molecule has 1 atom stereocenters. The lowest BCUT2D eigenvalue weighted by atomic mass is 10.1. The highest BCUT2D eigenvalue weighted by atomic mass is 19.1. The molecule has 0 saturated carbocycles. The van der Waals surface area contributed by atoms with Crippen molar-refractivity contribution in [2.45, 2.75) is 19.4 Å². The number of amides is 1. The maximum Gasteiger partial charge on any atom is 0.246 e. The van der Waals surface area contributed by atoms with E-state index in [4.69, 9.17) is 5.41 Å². The molecule has 158 valence electrons. The van der Waals surface area contributed by atoms with Crippen LogP contribution in [0.3, 0.4) is 0 Å². The van der Waals surface area contributed by atoms with Gasteiger partial charge in [-0.15, -0.1) is 0 Å². The van der Waals surface area contributed by atoms with Gasteiger partial charge in [-0.25, -0.2) is 13.8 Å². The Hall–Kier alpha value is -3.56. The molecule has 0 radical (unpaired) electrons. The molecule has 2 heterocycles. The second-order valence-electron chi connectivity index (χ2n) is 6.86. The summed E-state index contributed by atoms with van der Waals surface area (Å²) in [6, 6.07) is 3.17. The summed E-state index contributed by atoms with van der Waals surface area (Å²) in [7, 11) is 1.79. The molecular formula is C20H23F2N7O. The van der Waals surface area contributed by atoms with Crippen molar-refractivity contribution in [1.82, 2.24) is 15.3 Å². The van der Waals surface area contributed by atoms with Gasteiger partial charge in [0.2, 0.25) is 11.9 Å². The van der Waals surface area contributed by atoms with Gasteiger partial charge >= 0.3 is 0 Å². The Morgan fingerprint density at radius 2 is 2.20 bits per heavy atom. The van der Waals surface area contributed by atoms with Crippen LogP contribution in [0.15, 0.2) is 36.2 Å². The molecule has 1 aliphatic heterocycles. The van der Waals surface area contributed by atoms with E-state index in [0.29, 0.717) is 48.1 Å². The second kappa shape index (κ2) is 9.29. The lowest BCUT2D eigenvalue weighted by Crippen LogP contribution is -2.44. The van der Waals surface area contributed by atoms with Crippen LogP contribution in [0, 0.1) is 17.0 Å². The number of rotatable bonds is 8. The minimum absolute atomic E-state index is 0.116. The van der Waals surface area contributed by atoms with Crippen molar-refractivity contribution in [2.24, 2.45) is 0 Å². The number of hydrogen-bond acceptors (Lipinski definition) is 7. The van der Waals surface area contributed by atoms with E-state index in [2.05, 4.69) is 25.9 Å². The number of nitrogens with one attached hydrogen (secondary N) is 4. The highest BCUT2D eigenvalue weighted by molar-refractivity contribution is 6.02. The molecule has 0 spiro atoms. The van der Waals surface area contributed by atoms with Gasteiger partial charge in [-0.3, -0.25) is 4.79 Å². The monoisotopic (exact) mass is 415 g/mol. The largest absolute Gasteiger partial charge is 0.390 e. The molecule has 3 rings (SSSR count). The van der Waals surface area contributed by atoms with Crippen molar-refractivity contribution >= 4 is 29.6 Å². The summed E-state index contributed by atoms with van der Waals surface area (Å²) in [5, 5.41) is 16.4. The summed E-state index contributed by atoms with van der Waals surface area (Å²) in [4.78, 5) is 22.2. The molecule has 4 N–H and O–H groups in total. The number of halogens is 2. The number of hydrogen-bond donors (Lipinski definition) is 4. The summed E-state index contributed by atoms with van der Waals surface area (Å²) < 4.78 is 26.6. The maximum atomic E-state index is 13.6. The third kappa shape index (κ3) is 4.88. The van der Waals surface area contributed by atoms with Gasteiger partial charge in [-0.1, -0.05) is 6.07 Å². The summed E-state index contributed by atoms with van der Waals surface area (Å²) >= 11 is 0. The van der Waals surface area contributed by atoms with E-state index in [-0.39, 0.29) is 11.9 Å². The molecule has 10 heteroatoms. The van der Waals surface area contributed by atoms with Crippen LogP contribution in [0.1, 0.15) is 12.5 Å². The predicted octanol–water partition coefficient (Wildman–Crippen LogP) is 2.31. The summed E-state index contributed by atoms with van der Waals surface area (Å²) in [5.74, 6) is -0.317. The Labute approximate surface area is 172 Å². The van der Waals surface area contributed by atoms with Gasteiger partial charge in [0.25, 0.3) is 0 Å². The fourth-order valence-corrected chi connectivity index (χ4v) is 2.87. The van der Waals surface area contributed by atoms with Crippen molar-refractivity contribution in [3.05, 3.63) is 53.4 Å². The molecule has 2 aromatic rings. The number of nitrogens with zero attached hydrogens (tertiary/aromatic N) is 3. The van der Waals surface area contributed by atoms with Crippen LogP contribution in [0.4, 0.5) is 26.2 Å². The third-order valence-electron chi connectivity index (χ3n) is 4.80. The van der Waals surface area contributed by atoms with Gasteiger partial charge in [-0.05, 0) is 25.0 Å². The molecule has 0 bridgehead atoms. The zero-order valence-electron chi connectivity index (χ0n) is 16.7. The number of likely N-dealkylation sites (N-methyl/N-ethyl adjacent to an activating group) is 1. The summed E-state index contributed by atoms with van der Waals surface area (Å²) in [5.41, 5.74) is 1.59. The highest BCUT2D eigenvalue weighted by Gasteiger charge is 2.28. The Morgan fingerprint density at radius 3 is 2.93 bits per heavy atom. The zero-order valence-corrected chi connectivity index (χ0v) is 16.7. The number of benzene rings is 1. The van der Waals surface area contributed by atoms with Gasteiger partial charge in [0.1, 0.15) is 23.4 Å². The molecule has 0 aliphatic carbocycles. The normalized spacial score (nSPS) is 16.0. The molecule has 1 aliphatic rings. The van der Waals surface area contributed by atoms with Gasteiger partial charge in [-0.2, -0.15) is 4.98 Å². The quantitative estimate of drug-likeness (QED) is 0.390. The molecule has 30 heavy (non-hydrogen) atoms. The Kier molecular flexibility index (Phi) is 6.55. The SMILES string of the molecule is C[C@H]1C(=O)Nc2cnc(NC/C(C=N)=C/NCCc3ccc(F)cc3F)nc2N1C. The Morgan fingerprint density at radius 1 is 1.40 bits per heavy atom. The van der Waals surface area contributed by atoms with Crippen LogP contribution in [0.5, 0.6) is 0 Å². The first-order valence-electron chi connectivity index (χ1n) is 9.40. The van der Waals surface area contributed by atoms with Crippen molar-refractivity contribution < 1.29 is 13.6 Å². The maximum absolute atomic E-state index is 13.6. The van der Waals surface area contributed by atoms with Gasteiger partial charge in [0.05, 0.1) is 6.20 Å². The standard InChI is InChI=1S/C20H23F2N7O/c1-12-19(30)27-17-11-26-20(28-18(17)29(12)2)25-10-13(8-23)9-24-6-5-14-3-4-15(21)7-16(14)22/h3-4,7-9,11-12,23-24H,5-6,10H2,1-2H3,(H,27,30)(H,25,26,28)/b13-9+,23-8?/t12-/m0/s1. The molecule has 1 aromatic carbocycles. The van der Waals surface area contributed by atoms with Crippen molar-refractivity contribution in [2.75, 3.05) is 35.7 Å². The molecule has 1 amide bonds. The van der Waals surface area contributed by atoms with Crippen LogP contribution < -0.4 is 20.9 Å². The number of carbonyl (C=O) groups is 1. The lowest BCUT2D eigenvalue weighted by Gasteiger charge is -2.31. The zero-order chi connectivity index (χ0) is 21.7. The van der Waals surface area contributed by atoms with Crippen LogP contribution in [0.2, 0.25) is 0 Å². The minimum Gasteiger partial charge on any atom is -0.390 e. The van der Waals surface area contributed by atoms with Crippen LogP contribution in [-0.4, -0.2) is 48.3 Å². The van der Waals surface area contributed by atoms with Gasteiger partial charge in [0.15, 0.2) is 5.82 Å². The third-order valence-corrected chi connectivity index (χ3v) is 4.80. The molecule has 0 unspecified atom stereocenters. The Bertz CT molecular complexity index is 980. The first-order valence-corrected chi connectivity index (χ1v) is 9.40. The topological polar surface area (TPSA) is 106 Å². The summed E-state index contributed by atoms with van der Waals surface area (Å²) in [6.45, 7) is 2.51. The molecule has 1 aromatic heterocycles. The van der Waals surface area contributed by atoms with E-state index in [1.165, 1.54) is 24.5 Å². The lowest BCUT2D eigenvalue weighted by molar-refractivity contribution is -0.117. The molecular weight excluding hydrogens is 392 g/mol. The van der Waals surface area contributed by atoms with E-state index in [0.717, 1.165) is 6.07 Å². The second-order valence-corrected chi connectivity index (χ2v) is 6.86. The van der Waals surface area contributed by atoms with E-state index in [1.807, 2.05) is 0 Å². The highest BCUT2D eigenvalue weighted by Crippen LogP contribution is 2.28. The number of anilines is 3. The van der Waals surface area contributed by atoms with Crippen LogP contribution in [0.25, 0.3) is 0 Å². The minimum atomic E-state index is -0.603. The number of aromatic nitrogens is 2. The average molecular weight is 415 g/mol. The van der Waals surface area contributed by atoms with Gasteiger partial charge < -0.3 is 26.3 Å². The molecule has 0 fully saturated rings.